The molecule has 1 aromatic carbocycles. The summed E-state index contributed by atoms with van der Waals surface area (Å²) in [7, 11) is 1.34. The van der Waals surface area contributed by atoms with Crippen LogP contribution >= 0.6 is 0 Å². The molecule has 0 saturated carbocycles. The number of methoxy groups -OCH3 is 1. The van der Waals surface area contributed by atoms with Crippen molar-refractivity contribution in [1.82, 2.24) is 0 Å². The molecular weight excluding hydrogens is 220 g/mol. The Balaban J connectivity index is 2.70. The van der Waals surface area contributed by atoms with Crippen LogP contribution in [0.5, 0.6) is 0 Å². The molecule has 1 aliphatic heterocycles. The maximum absolute atomic E-state index is 11.7. The first kappa shape index (κ1) is 11.6. The predicted octanol–water partition coefficient (Wildman–Crippen LogP) is 2.32. The van der Waals surface area contributed by atoms with E-state index in [-0.39, 0.29) is 18.0 Å². The molecule has 1 aliphatic rings. The number of esters is 2. The minimum atomic E-state index is -0.389. The number of carbonyl (C=O) groups is 2. The Morgan fingerprint density at radius 2 is 2.00 bits per heavy atom. The molecular formula is C13H14O4. The highest BCUT2D eigenvalue weighted by molar-refractivity contribution is 5.99. The van der Waals surface area contributed by atoms with E-state index in [9.17, 15) is 9.59 Å². The summed E-state index contributed by atoms with van der Waals surface area (Å²) >= 11 is 0. The molecule has 0 fully saturated rings. The summed E-state index contributed by atoms with van der Waals surface area (Å²) in [5.41, 5.74) is 3.40. The Morgan fingerprint density at radius 1 is 1.35 bits per heavy atom. The molecule has 17 heavy (non-hydrogen) atoms. The summed E-state index contributed by atoms with van der Waals surface area (Å²) in [4.78, 5) is 23.3. The molecule has 1 aromatic rings. The quantitative estimate of drug-likeness (QED) is 0.700. The van der Waals surface area contributed by atoms with Crippen molar-refractivity contribution in [3.8, 4) is 0 Å². The van der Waals surface area contributed by atoms with Gasteiger partial charge < -0.3 is 9.47 Å². The van der Waals surface area contributed by atoms with Crippen LogP contribution in [-0.4, -0.2) is 19.0 Å². The smallest absolute Gasteiger partial charge is 0.339 e. The van der Waals surface area contributed by atoms with Crippen molar-refractivity contribution in [1.29, 1.82) is 0 Å². The number of ether oxygens (including phenoxy) is 2. The molecule has 1 atom stereocenters. The van der Waals surface area contributed by atoms with Crippen LogP contribution in [0.1, 0.15) is 50.4 Å². The second-order valence-electron chi connectivity index (χ2n) is 4.18. The van der Waals surface area contributed by atoms with Crippen LogP contribution in [0.2, 0.25) is 0 Å². The maximum Gasteiger partial charge on any atom is 0.339 e. The van der Waals surface area contributed by atoms with Crippen LogP contribution in [0.4, 0.5) is 0 Å². The largest absolute Gasteiger partial charge is 0.465 e. The number of carbonyl (C=O) groups excluding carboxylic acids is 2. The van der Waals surface area contributed by atoms with Gasteiger partial charge in [-0.25, -0.2) is 9.59 Å². The molecule has 0 radical (unpaired) electrons. The lowest BCUT2D eigenvalue weighted by atomic mass is 9.92. The van der Waals surface area contributed by atoms with E-state index in [2.05, 4.69) is 0 Å². The van der Waals surface area contributed by atoms with Gasteiger partial charge in [-0.15, -0.1) is 0 Å². The fraction of sp³-hybridized carbons (Fsp3) is 0.385. The minimum absolute atomic E-state index is 0.305. The van der Waals surface area contributed by atoms with Crippen molar-refractivity contribution in [3.05, 3.63) is 33.9 Å². The van der Waals surface area contributed by atoms with E-state index in [1.54, 1.807) is 19.9 Å². The average Bonchev–Trinajstić information content (AvgIpc) is 2.58. The highest BCUT2D eigenvalue weighted by Gasteiger charge is 2.32. The Labute approximate surface area is 99.5 Å². The zero-order chi connectivity index (χ0) is 12.7. The van der Waals surface area contributed by atoms with Crippen LogP contribution in [-0.2, 0) is 9.47 Å². The van der Waals surface area contributed by atoms with Crippen molar-refractivity contribution in [2.24, 2.45) is 0 Å². The SMILES string of the molecule is COC(=O)c1cc2c(c(C)c1C)C(=O)OC2C. The summed E-state index contributed by atoms with van der Waals surface area (Å²) in [6.07, 6.45) is -0.305. The van der Waals surface area contributed by atoms with Crippen molar-refractivity contribution in [2.75, 3.05) is 7.11 Å². The minimum Gasteiger partial charge on any atom is -0.465 e. The summed E-state index contributed by atoms with van der Waals surface area (Å²) in [5, 5.41) is 0. The topological polar surface area (TPSA) is 52.6 Å². The van der Waals surface area contributed by atoms with Crippen LogP contribution in [0, 0.1) is 13.8 Å². The summed E-state index contributed by atoms with van der Waals surface area (Å²) in [5.74, 6) is -0.704. The molecule has 4 heteroatoms. The number of benzene rings is 1. The third-order valence-electron chi connectivity index (χ3n) is 3.26. The Kier molecular flexibility index (Phi) is 2.65. The fourth-order valence-electron chi connectivity index (χ4n) is 2.14. The second-order valence-corrected chi connectivity index (χ2v) is 4.18. The van der Waals surface area contributed by atoms with Gasteiger partial charge in [0.2, 0.25) is 0 Å². The first-order valence-electron chi connectivity index (χ1n) is 5.40. The van der Waals surface area contributed by atoms with Crippen LogP contribution < -0.4 is 0 Å². The van der Waals surface area contributed by atoms with Gasteiger partial charge in [0, 0.05) is 5.56 Å². The molecule has 2 rings (SSSR count). The molecule has 0 spiro atoms. The molecule has 4 nitrogen and oxygen atoms in total. The monoisotopic (exact) mass is 234 g/mol. The van der Waals surface area contributed by atoms with Crippen molar-refractivity contribution >= 4 is 11.9 Å². The van der Waals surface area contributed by atoms with Gasteiger partial charge in [-0.1, -0.05) is 0 Å². The first-order valence-corrected chi connectivity index (χ1v) is 5.40. The van der Waals surface area contributed by atoms with Crippen LogP contribution in [0.15, 0.2) is 6.07 Å². The maximum atomic E-state index is 11.7. The Hall–Kier alpha value is -1.84. The van der Waals surface area contributed by atoms with E-state index >= 15 is 0 Å². The molecule has 0 aliphatic carbocycles. The van der Waals surface area contributed by atoms with Gasteiger partial charge >= 0.3 is 11.9 Å². The van der Waals surface area contributed by atoms with E-state index in [1.807, 2.05) is 6.92 Å². The average molecular weight is 234 g/mol. The lowest BCUT2D eigenvalue weighted by molar-refractivity contribution is 0.0421. The predicted molar refractivity (Wildman–Crippen MR) is 61.1 cm³/mol. The first-order chi connectivity index (χ1) is 7.97. The van der Waals surface area contributed by atoms with Gasteiger partial charge in [0.05, 0.1) is 18.2 Å². The number of fused-ring (bicyclic) bond motifs is 1. The number of rotatable bonds is 1. The van der Waals surface area contributed by atoms with Gasteiger partial charge in [-0.2, -0.15) is 0 Å². The van der Waals surface area contributed by atoms with Gasteiger partial charge in [-0.05, 0) is 38.0 Å². The van der Waals surface area contributed by atoms with Crippen molar-refractivity contribution < 1.29 is 19.1 Å². The third kappa shape index (κ3) is 1.60. The van der Waals surface area contributed by atoms with Crippen LogP contribution in [0.25, 0.3) is 0 Å². The summed E-state index contributed by atoms with van der Waals surface area (Å²) in [6.45, 7) is 5.41. The van der Waals surface area contributed by atoms with E-state index in [1.165, 1.54) is 7.11 Å². The van der Waals surface area contributed by atoms with Gasteiger partial charge in [0.15, 0.2) is 0 Å². The zero-order valence-electron chi connectivity index (χ0n) is 10.3. The third-order valence-corrected chi connectivity index (χ3v) is 3.26. The van der Waals surface area contributed by atoms with Crippen molar-refractivity contribution in [2.45, 2.75) is 26.9 Å². The Bertz CT molecular complexity index is 517. The highest BCUT2D eigenvalue weighted by Crippen LogP contribution is 2.35. The lowest BCUT2D eigenvalue weighted by Gasteiger charge is -2.11. The molecule has 0 amide bonds. The Morgan fingerprint density at radius 3 is 2.59 bits per heavy atom. The van der Waals surface area contributed by atoms with Crippen molar-refractivity contribution in [3.63, 3.8) is 0 Å². The number of hydrogen-bond acceptors (Lipinski definition) is 4. The van der Waals surface area contributed by atoms with E-state index in [0.717, 1.165) is 16.7 Å². The number of cyclic esters (lactones) is 1. The zero-order valence-corrected chi connectivity index (χ0v) is 10.3. The van der Waals surface area contributed by atoms with Gasteiger partial charge in [0.25, 0.3) is 0 Å². The van der Waals surface area contributed by atoms with E-state index < -0.39 is 0 Å². The fourth-order valence-corrected chi connectivity index (χ4v) is 2.14. The molecule has 0 aromatic heterocycles. The molecule has 0 N–H and O–H groups in total. The summed E-state index contributed by atoms with van der Waals surface area (Å²) < 4.78 is 9.87. The molecule has 1 unspecified atom stereocenters. The van der Waals surface area contributed by atoms with E-state index in [0.29, 0.717) is 11.1 Å². The molecule has 0 saturated heterocycles. The van der Waals surface area contributed by atoms with Crippen LogP contribution in [0.3, 0.4) is 0 Å². The molecule has 0 bridgehead atoms. The van der Waals surface area contributed by atoms with E-state index in [4.69, 9.17) is 9.47 Å². The normalized spacial score (nSPS) is 17.6. The molecule has 90 valence electrons. The second kappa shape index (κ2) is 3.87. The highest BCUT2D eigenvalue weighted by atomic mass is 16.5. The summed E-state index contributed by atoms with van der Waals surface area (Å²) in [6, 6.07) is 1.69. The van der Waals surface area contributed by atoms with Gasteiger partial charge in [-0.3, -0.25) is 0 Å². The standard InChI is InChI=1S/C13H14O4/c1-6-7(2)11-10(8(3)17-13(11)15)5-9(6)12(14)16-4/h5,8H,1-4H3. The van der Waals surface area contributed by atoms with Gasteiger partial charge in [0.1, 0.15) is 6.10 Å². The number of hydrogen-bond donors (Lipinski definition) is 0. The lowest BCUT2D eigenvalue weighted by Crippen LogP contribution is -2.08. The molecule has 1 heterocycles.